The first kappa shape index (κ1) is 21.8. The van der Waals surface area contributed by atoms with Crippen LogP contribution in [0.25, 0.3) is 10.9 Å². The molecule has 29 heavy (non-hydrogen) atoms. The molecule has 0 N–H and O–H groups in total. The van der Waals surface area contributed by atoms with Crippen molar-refractivity contribution < 1.29 is 13.2 Å². The number of aryl methyl sites for hydroxylation is 1. The molecule has 1 aromatic heterocycles. The standard InChI is InChI=1S/C21H32N4O3S/c1-5-10-23-11-13-24(14-12-23)21(26)20-16-17-15-18(8-9-19(17)22(20)4)29(27,28)25(6-2)7-3/h8-9,15-16H,5-7,10-14H2,1-4H3. The summed E-state index contributed by atoms with van der Waals surface area (Å²) in [5.41, 5.74) is 1.46. The zero-order chi connectivity index (χ0) is 21.2. The van der Waals surface area contributed by atoms with Crippen LogP contribution in [0.4, 0.5) is 0 Å². The second kappa shape index (κ2) is 8.85. The molecule has 0 spiro atoms. The fraction of sp³-hybridized carbons (Fsp3) is 0.571. The lowest BCUT2D eigenvalue weighted by Gasteiger charge is -2.34. The molecule has 0 atom stereocenters. The van der Waals surface area contributed by atoms with Crippen molar-refractivity contribution >= 4 is 26.8 Å². The Morgan fingerprint density at radius 1 is 1.03 bits per heavy atom. The van der Waals surface area contributed by atoms with Crippen molar-refractivity contribution in [2.45, 2.75) is 32.1 Å². The van der Waals surface area contributed by atoms with E-state index in [2.05, 4.69) is 11.8 Å². The minimum Gasteiger partial charge on any atom is -0.340 e. The van der Waals surface area contributed by atoms with E-state index in [1.54, 1.807) is 18.2 Å². The molecule has 0 radical (unpaired) electrons. The molecule has 2 aromatic rings. The predicted molar refractivity (Wildman–Crippen MR) is 116 cm³/mol. The Kier molecular flexibility index (Phi) is 6.65. The predicted octanol–water partition coefficient (Wildman–Crippen LogP) is 2.38. The van der Waals surface area contributed by atoms with Gasteiger partial charge in [-0.2, -0.15) is 4.31 Å². The summed E-state index contributed by atoms with van der Waals surface area (Å²) in [7, 11) is -1.66. The summed E-state index contributed by atoms with van der Waals surface area (Å²) in [5, 5.41) is 0.772. The second-order valence-electron chi connectivity index (χ2n) is 7.53. The average Bonchev–Trinajstić information content (AvgIpc) is 3.05. The maximum absolute atomic E-state index is 13.1. The number of aromatic nitrogens is 1. The molecule has 0 saturated carbocycles. The lowest BCUT2D eigenvalue weighted by atomic mass is 10.2. The molecule has 2 heterocycles. The summed E-state index contributed by atoms with van der Waals surface area (Å²) >= 11 is 0. The van der Waals surface area contributed by atoms with Gasteiger partial charge in [-0.05, 0) is 37.2 Å². The minimum atomic E-state index is -3.53. The molecule has 3 rings (SSSR count). The Morgan fingerprint density at radius 2 is 1.69 bits per heavy atom. The summed E-state index contributed by atoms with van der Waals surface area (Å²) in [6, 6.07) is 6.92. The van der Waals surface area contributed by atoms with E-state index in [0.29, 0.717) is 18.8 Å². The topological polar surface area (TPSA) is 65.9 Å². The van der Waals surface area contributed by atoms with Crippen LogP contribution < -0.4 is 0 Å². The van der Waals surface area contributed by atoms with Crippen molar-refractivity contribution in [2.75, 3.05) is 45.8 Å². The lowest BCUT2D eigenvalue weighted by molar-refractivity contribution is 0.0628. The van der Waals surface area contributed by atoms with E-state index in [0.717, 1.165) is 50.0 Å². The number of fused-ring (bicyclic) bond motifs is 1. The molecule has 1 aliphatic heterocycles. The highest BCUT2D eigenvalue weighted by Crippen LogP contribution is 2.25. The van der Waals surface area contributed by atoms with Gasteiger partial charge in [0.25, 0.3) is 5.91 Å². The third-order valence-corrected chi connectivity index (χ3v) is 7.82. The van der Waals surface area contributed by atoms with E-state index in [-0.39, 0.29) is 10.8 Å². The van der Waals surface area contributed by atoms with E-state index in [4.69, 9.17) is 0 Å². The number of rotatable bonds is 7. The maximum Gasteiger partial charge on any atom is 0.270 e. The summed E-state index contributed by atoms with van der Waals surface area (Å²) in [5.74, 6) is 0.00741. The SMILES string of the molecule is CCCN1CCN(C(=O)c2cc3cc(S(=O)(=O)N(CC)CC)ccc3n2C)CC1. The van der Waals surface area contributed by atoms with Gasteiger partial charge in [-0.15, -0.1) is 0 Å². The van der Waals surface area contributed by atoms with Crippen LogP contribution in [-0.2, 0) is 17.1 Å². The van der Waals surface area contributed by atoms with Crippen LogP contribution in [-0.4, -0.2) is 78.8 Å². The zero-order valence-corrected chi connectivity index (χ0v) is 18.7. The Balaban J connectivity index is 1.87. The van der Waals surface area contributed by atoms with Crippen LogP contribution in [0.5, 0.6) is 0 Å². The summed E-state index contributed by atoms with van der Waals surface area (Å²) in [6.07, 6.45) is 1.12. The van der Waals surface area contributed by atoms with Gasteiger partial charge < -0.3 is 9.47 Å². The average molecular weight is 421 g/mol. The molecule has 1 saturated heterocycles. The van der Waals surface area contributed by atoms with Gasteiger partial charge in [-0.1, -0.05) is 20.8 Å². The molecule has 8 heteroatoms. The number of piperazine rings is 1. The lowest BCUT2D eigenvalue weighted by Crippen LogP contribution is -2.49. The Morgan fingerprint density at radius 3 is 2.28 bits per heavy atom. The molecule has 0 bridgehead atoms. The quantitative estimate of drug-likeness (QED) is 0.690. The minimum absolute atomic E-state index is 0.00741. The van der Waals surface area contributed by atoms with Gasteiger partial charge in [0.2, 0.25) is 10.0 Å². The number of amides is 1. The summed E-state index contributed by atoms with van der Waals surface area (Å²) in [6.45, 7) is 11.0. The second-order valence-corrected chi connectivity index (χ2v) is 9.47. The smallest absolute Gasteiger partial charge is 0.270 e. The summed E-state index contributed by atoms with van der Waals surface area (Å²) < 4.78 is 29.0. The molecular formula is C21H32N4O3S. The first-order valence-electron chi connectivity index (χ1n) is 10.4. The fourth-order valence-electron chi connectivity index (χ4n) is 4.06. The first-order chi connectivity index (χ1) is 13.8. The third-order valence-electron chi connectivity index (χ3n) is 5.78. The monoisotopic (exact) mass is 420 g/mol. The van der Waals surface area contributed by atoms with Crippen molar-refractivity contribution in [3.05, 3.63) is 30.0 Å². The molecule has 1 fully saturated rings. The number of hydrogen-bond donors (Lipinski definition) is 0. The van der Waals surface area contributed by atoms with Crippen molar-refractivity contribution in [1.29, 1.82) is 0 Å². The van der Waals surface area contributed by atoms with E-state index in [1.165, 1.54) is 4.31 Å². The van der Waals surface area contributed by atoms with E-state index < -0.39 is 10.0 Å². The normalized spacial score (nSPS) is 16.1. The number of hydrogen-bond acceptors (Lipinski definition) is 4. The van der Waals surface area contributed by atoms with Crippen molar-refractivity contribution in [3.63, 3.8) is 0 Å². The number of carbonyl (C=O) groups excluding carboxylic acids is 1. The summed E-state index contributed by atoms with van der Waals surface area (Å²) in [4.78, 5) is 17.6. The van der Waals surface area contributed by atoms with Crippen LogP contribution >= 0.6 is 0 Å². The number of nitrogens with zero attached hydrogens (tertiary/aromatic N) is 4. The van der Waals surface area contributed by atoms with Crippen LogP contribution in [0.3, 0.4) is 0 Å². The molecule has 7 nitrogen and oxygen atoms in total. The highest BCUT2D eigenvalue weighted by molar-refractivity contribution is 7.89. The number of sulfonamides is 1. The van der Waals surface area contributed by atoms with Gasteiger partial charge in [-0.3, -0.25) is 9.69 Å². The molecule has 1 amide bonds. The molecule has 160 valence electrons. The highest BCUT2D eigenvalue weighted by atomic mass is 32.2. The third kappa shape index (κ3) is 4.20. The van der Waals surface area contributed by atoms with Gasteiger partial charge in [0.1, 0.15) is 5.69 Å². The molecule has 1 aromatic carbocycles. The zero-order valence-electron chi connectivity index (χ0n) is 17.9. The van der Waals surface area contributed by atoms with Crippen molar-refractivity contribution in [2.24, 2.45) is 7.05 Å². The van der Waals surface area contributed by atoms with Crippen LogP contribution in [0.15, 0.2) is 29.2 Å². The Hall–Kier alpha value is -1.90. The van der Waals surface area contributed by atoms with Gasteiger partial charge in [0.15, 0.2) is 0 Å². The van der Waals surface area contributed by atoms with Gasteiger partial charge >= 0.3 is 0 Å². The largest absolute Gasteiger partial charge is 0.340 e. The fourth-order valence-corrected chi connectivity index (χ4v) is 5.55. The van der Waals surface area contributed by atoms with Crippen LogP contribution in [0, 0.1) is 0 Å². The maximum atomic E-state index is 13.1. The van der Waals surface area contributed by atoms with E-state index in [9.17, 15) is 13.2 Å². The molecular weight excluding hydrogens is 388 g/mol. The van der Waals surface area contributed by atoms with E-state index in [1.807, 2.05) is 36.4 Å². The molecule has 0 aliphatic carbocycles. The van der Waals surface area contributed by atoms with Crippen LogP contribution in [0.2, 0.25) is 0 Å². The molecule has 0 unspecified atom stereocenters. The van der Waals surface area contributed by atoms with Crippen molar-refractivity contribution in [1.82, 2.24) is 18.7 Å². The highest BCUT2D eigenvalue weighted by Gasteiger charge is 2.26. The molecule has 1 aliphatic rings. The van der Waals surface area contributed by atoms with Gasteiger partial charge in [-0.25, -0.2) is 8.42 Å². The van der Waals surface area contributed by atoms with Crippen molar-refractivity contribution in [3.8, 4) is 0 Å². The number of carbonyl (C=O) groups is 1. The van der Waals surface area contributed by atoms with Crippen LogP contribution in [0.1, 0.15) is 37.7 Å². The first-order valence-corrected chi connectivity index (χ1v) is 11.9. The van der Waals surface area contributed by atoms with Gasteiger partial charge in [0.05, 0.1) is 4.90 Å². The Bertz CT molecular complexity index is 971. The Labute approximate surface area is 173 Å². The van der Waals surface area contributed by atoms with E-state index >= 15 is 0 Å². The van der Waals surface area contributed by atoms with Gasteiger partial charge in [0, 0.05) is 57.2 Å². The number of benzene rings is 1.